The van der Waals surface area contributed by atoms with Crippen LogP contribution in [-0.4, -0.2) is 60.1 Å². The van der Waals surface area contributed by atoms with Crippen LogP contribution in [0.3, 0.4) is 0 Å². The standard InChI is InChI=1S/C6H14N4O2/c1-9(2)5(7-11)6(8-12)10(3)4/h11-12H,1-4H3. The smallest absolute Gasteiger partial charge is 0.213 e. The second-order valence-electron chi connectivity index (χ2n) is 2.64. The van der Waals surface area contributed by atoms with Gasteiger partial charge in [-0.3, -0.25) is 0 Å². The summed E-state index contributed by atoms with van der Waals surface area (Å²) in [5, 5.41) is 23.1. The third-order valence-corrected chi connectivity index (χ3v) is 1.24. The monoisotopic (exact) mass is 174 g/mol. The molecular formula is C6H14N4O2. The van der Waals surface area contributed by atoms with Crippen molar-refractivity contribution in [1.29, 1.82) is 0 Å². The molecule has 0 spiro atoms. The van der Waals surface area contributed by atoms with Gasteiger partial charge in [0.15, 0.2) is 0 Å². The van der Waals surface area contributed by atoms with E-state index in [2.05, 4.69) is 10.3 Å². The molecule has 0 bridgehead atoms. The highest BCUT2D eigenvalue weighted by molar-refractivity contribution is 6.39. The van der Waals surface area contributed by atoms with E-state index in [9.17, 15) is 0 Å². The van der Waals surface area contributed by atoms with Gasteiger partial charge in [0.2, 0.25) is 11.7 Å². The highest BCUT2D eigenvalue weighted by Crippen LogP contribution is 1.91. The molecule has 0 atom stereocenters. The third-order valence-electron chi connectivity index (χ3n) is 1.24. The van der Waals surface area contributed by atoms with Gasteiger partial charge in [0.1, 0.15) is 0 Å². The van der Waals surface area contributed by atoms with Crippen molar-refractivity contribution in [2.45, 2.75) is 0 Å². The fourth-order valence-corrected chi connectivity index (χ4v) is 0.668. The molecular weight excluding hydrogens is 160 g/mol. The first-order valence-electron chi connectivity index (χ1n) is 3.33. The summed E-state index contributed by atoms with van der Waals surface area (Å²) in [5.41, 5.74) is 0. The Morgan fingerprint density at radius 2 is 1.08 bits per heavy atom. The van der Waals surface area contributed by atoms with Gasteiger partial charge in [0, 0.05) is 28.2 Å². The van der Waals surface area contributed by atoms with Gasteiger partial charge in [-0.2, -0.15) is 0 Å². The molecule has 0 rings (SSSR count). The first kappa shape index (κ1) is 10.5. The lowest BCUT2D eigenvalue weighted by Crippen LogP contribution is -2.38. The average molecular weight is 174 g/mol. The van der Waals surface area contributed by atoms with E-state index in [1.54, 1.807) is 28.2 Å². The molecule has 0 aromatic heterocycles. The summed E-state index contributed by atoms with van der Waals surface area (Å²) in [7, 11) is 6.74. The molecule has 0 amide bonds. The van der Waals surface area contributed by atoms with Crippen LogP contribution < -0.4 is 0 Å². The van der Waals surface area contributed by atoms with E-state index < -0.39 is 0 Å². The summed E-state index contributed by atoms with van der Waals surface area (Å²) in [4.78, 5) is 3.07. The molecule has 6 heteroatoms. The van der Waals surface area contributed by atoms with Crippen molar-refractivity contribution >= 4 is 11.7 Å². The van der Waals surface area contributed by atoms with E-state index in [0.717, 1.165) is 0 Å². The van der Waals surface area contributed by atoms with Crippen molar-refractivity contribution in [3.8, 4) is 0 Å². The van der Waals surface area contributed by atoms with E-state index >= 15 is 0 Å². The molecule has 0 radical (unpaired) electrons. The number of rotatable bonds is 0. The van der Waals surface area contributed by atoms with Gasteiger partial charge in [-0.1, -0.05) is 10.3 Å². The Kier molecular flexibility index (Phi) is 3.89. The van der Waals surface area contributed by atoms with E-state index in [1.807, 2.05) is 0 Å². The van der Waals surface area contributed by atoms with Gasteiger partial charge in [-0.05, 0) is 0 Å². The molecule has 12 heavy (non-hydrogen) atoms. The molecule has 0 unspecified atom stereocenters. The molecule has 2 N–H and O–H groups in total. The zero-order chi connectivity index (χ0) is 9.72. The van der Waals surface area contributed by atoms with Crippen LogP contribution in [0.15, 0.2) is 10.3 Å². The first-order chi connectivity index (χ1) is 5.54. The molecule has 0 aliphatic rings. The Morgan fingerprint density at radius 1 is 0.833 bits per heavy atom. The summed E-state index contributed by atoms with van der Waals surface area (Å²) in [6, 6.07) is 0. The van der Waals surface area contributed by atoms with Crippen LogP contribution in [0.4, 0.5) is 0 Å². The van der Waals surface area contributed by atoms with Crippen molar-refractivity contribution in [2.75, 3.05) is 28.2 Å². The van der Waals surface area contributed by atoms with Crippen LogP contribution in [-0.2, 0) is 0 Å². The summed E-state index contributed by atoms with van der Waals surface area (Å²) in [6.45, 7) is 0. The van der Waals surface area contributed by atoms with Gasteiger partial charge in [0.25, 0.3) is 0 Å². The largest absolute Gasteiger partial charge is 0.409 e. The SMILES string of the molecule is CN(C)C(=NO)C(=NO)N(C)C. The van der Waals surface area contributed by atoms with Crippen LogP contribution in [0, 0.1) is 0 Å². The van der Waals surface area contributed by atoms with Crippen LogP contribution in [0.5, 0.6) is 0 Å². The minimum Gasteiger partial charge on any atom is -0.409 e. The maximum Gasteiger partial charge on any atom is 0.213 e. The van der Waals surface area contributed by atoms with E-state index in [-0.39, 0.29) is 11.7 Å². The Bertz CT molecular complexity index is 176. The number of nitrogens with zero attached hydrogens (tertiary/aromatic N) is 4. The first-order valence-corrected chi connectivity index (χ1v) is 3.33. The van der Waals surface area contributed by atoms with E-state index in [4.69, 9.17) is 10.4 Å². The number of hydrogen-bond donors (Lipinski definition) is 2. The quantitative estimate of drug-likeness (QED) is 0.228. The van der Waals surface area contributed by atoms with Crippen molar-refractivity contribution < 1.29 is 10.4 Å². The number of oxime groups is 2. The van der Waals surface area contributed by atoms with Crippen LogP contribution in [0.1, 0.15) is 0 Å². The summed E-state index contributed by atoms with van der Waals surface area (Å²) < 4.78 is 0. The Morgan fingerprint density at radius 3 is 1.17 bits per heavy atom. The molecule has 0 aliphatic heterocycles. The molecule has 0 fully saturated rings. The maximum absolute atomic E-state index is 8.57. The third kappa shape index (κ3) is 2.30. The molecule has 0 aromatic carbocycles. The Hall–Kier alpha value is -1.46. The zero-order valence-electron chi connectivity index (χ0n) is 7.68. The fraction of sp³-hybridized carbons (Fsp3) is 0.667. The van der Waals surface area contributed by atoms with Crippen LogP contribution >= 0.6 is 0 Å². The molecule has 0 saturated heterocycles. The minimum absolute atomic E-state index is 0.197. The fourth-order valence-electron chi connectivity index (χ4n) is 0.668. The van der Waals surface area contributed by atoms with Crippen molar-refractivity contribution in [2.24, 2.45) is 10.3 Å². The van der Waals surface area contributed by atoms with Gasteiger partial charge >= 0.3 is 0 Å². The van der Waals surface area contributed by atoms with Crippen molar-refractivity contribution in [3.63, 3.8) is 0 Å². The topological polar surface area (TPSA) is 71.7 Å². The highest BCUT2D eigenvalue weighted by atomic mass is 16.4. The molecule has 0 aliphatic carbocycles. The lowest BCUT2D eigenvalue weighted by molar-refractivity contribution is 0.301. The molecule has 0 heterocycles. The van der Waals surface area contributed by atoms with Gasteiger partial charge in [-0.25, -0.2) is 0 Å². The Labute approximate surface area is 71.4 Å². The molecule has 0 aromatic rings. The normalized spacial score (nSPS) is 13.0. The van der Waals surface area contributed by atoms with Gasteiger partial charge < -0.3 is 20.2 Å². The second-order valence-corrected chi connectivity index (χ2v) is 2.64. The van der Waals surface area contributed by atoms with E-state index in [1.165, 1.54) is 9.80 Å². The van der Waals surface area contributed by atoms with Gasteiger partial charge in [-0.15, -0.1) is 0 Å². The predicted octanol–water partition coefficient (Wildman–Crippen LogP) is -0.315. The molecule has 70 valence electrons. The minimum atomic E-state index is 0.197. The lowest BCUT2D eigenvalue weighted by Gasteiger charge is -2.19. The number of likely N-dealkylation sites (N-methyl/N-ethyl adjacent to an activating group) is 2. The predicted molar refractivity (Wildman–Crippen MR) is 45.8 cm³/mol. The van der Waals surface area contributed by atoms with Crippen molar-refractivity contribution in [1.82, 2.24) is 9.80 Å². The number of hydrogen-bond acceptors (Lipinski definition) is 4. The Balaban J connectivity index is 4.73. The van der Waals surface area contributed by atoms with Crippen LogP contribution in [0.25, 0.3) is 0 Å². The lowest BCUT2D eigenvalue weighted by atomic mass is 10.4. The zero-order valence-corrected chi connectivity index (χ0v) is 7.68. The molecule has 0 saturated carbocycles. The second kappa shape index (κ2) is 4.42. The van der Waals surface area contributed by atoms with Crippen molar-refractivity contribution in [3.05, 3.63) is 0 Å². The molecule has 6 nitrogen and oxygen atoms in total. The summed E-state index contributed by atoms with van der Waals surface area (Å²) >= 11 is 0. The maximum atomic E-state index is 8.57. The van der Waals surface area contributed by atoms with E-state index in [0.29, 0.717) is 0 Å². The van der Waals surface area contributed by atoms with Gasteiger partial charge in [0.05, 0.1) is 0 Å². The average Bonchev–Trinajstić information content (AvgIpc) is 1.98. The number of amidine groups is 2. The van der Waals surface area contributed by atoms with Crippen LogP contribution in [0.2, 0.25) is 0 Å². The highest BCUT2D eigenvalue weighted by Gasteiger charge is 2.14. The summed E-state index contributed by atoms with van der Waals surface area (Å²) in [5.74, 6) is 0.394. The summed E-state index contributed by atoms with van der Waals surface area (Å²) in [6.07, 6.45) is 0.